The van der Waals surface area contributed by atoms with Crippen molar-refractivity contribution in [2.24, 2.45) is 0 Å². The summed E-state index contributed by atoms with van der Waals surface area (Å²) < 4.78 is 1.82. The fraction of sp³-hybridized carbons (Fsp3) is 0.0833. The summed E-state index contributed by atoms with van der Waals surface area (Å²) in [5.41, 5.74) is 4.26. The fourth-order valence-corrected chi connectivity index (χ4v) is 3.25. The third kappa shape index (κ3) is 3.58. The van der Waals surface area contributed by atoms with Gasteiger partial charge in [0.2, 0.25) is 0 Å². The molecule has 4 heteroatoms. The van der Waals surface area contributed by atoms with E-state index in [4.69, 9.17) is 0 Å². The summed E-state index contributed by atoms with van der Waals surface area (Å²) in [6.07, 6.45) is 1.64. The Morgan fingerprint density at radius 2 is 1.43 bits per heavy atom. The van der Waals surface area contributed by atoms with E-state index in [2.05, 4.69) is 10.4 Å². The molecule has 1 heterocycles. The van der Waals surface area contributed by atoms with Crippen LogP contribution in [0.25, 0.3) is 16.9 Å². The number of para-hydroxylation sites is 1. The van der Waals surface area contributed by atoms with Crippen LogP contribution in [0.4, 0.5) is 0 Å². The summed E-state index contributed by atoms with van der Waals surface area (Å²) in [6, 6.07) is 29.6. The van der Waals surface area contributed by atoms with Gasteiger partial charge in [0.15, 0.2) is 0 Å². The first kappa shape index (κ1) is 17.7. The molecule has 3 aromatic carbocycles. The van der Waals surface area contributed by atoms with E-state index in [9.17, 15) is 4.79 Å². The molecular weight excluding hydrogens is 346 g/mol. The van der Waals surface area contributed by atoms with Crippen molar-refractivity contribution in [2.45, 2.75) is 13.0 Å². The quantitative estimate of drug-likeness (QED) is 0.538. The minimum atomic E-state index is -0.141. The first-order chi connectivity index (χ1) is 13.7. The van der Waals surface area contributed by atoms with E-state index in [-0.39, 0.29) is 11.9 Å². The second-order valence-corrected chi connectivity index (χ2v) is 6.63. The molecule has 0 aliphatic carbocycles. The van der Waals surface area contributed by atoms with Crippen molar-refractivity contribution < 1.29 is 4.79 Å². The van der Waals surface area contributed by atoms with E-state index in [1.54, 1.807) is 6.20 Å². The van der Waals surface area contributed by atoms with Gasteiger partial charge in [-0.15, -0.1) is 0 Å². The van der Waals surface area contributed by atoms with Crippen molar-refractivity contribution in [1.29, 1.82) is 0 Å². The van der Waals surface area contributed by atoms with Crippen LogP contribution in [0.15, 0.2) is 97.2 Å². The van der Waals surface area contributed by atoms with Crippen LogP contribution in [0.2, 0.25) is 0 Å². The molecular formula is C24H21N3O. The van der Waals surface area contributed by atoms with E-state index < -0.39 is 0 Å². The number of rotatable bonds is 5. The Balaban J connectivity index is 1.73. The van der Waals surface area contributed by atoms with Gasteiger partial charge in [-0.2, -0.15) is 5.10 Å². The highest BCUT2D eigenvalue weighted by Gasteiger charge is 2.21. The molecule has 0 spiro atoms. The van der Waals surface area contributed by atoms with Crippen LogP contribution < -0.4 is 5.32 Å². The highest BCUT2D eigenvalue weighted by atomic mass is 16.1. The molecule has 0 fully saturated rings. The van der Waals surface area contributed by atoms with E-state index >= 15 is 0 Å². The molecule has 28 heavy (non-hydrogen) atoms. The van der Waals surface area contributed by atoms with E-state index in [1.165, 1.54) is 0 Å². The van der Waals surface area contributed by atoms with Crippen LogP contribution in [0.5, 0.6) is 0 Å². The van der Waals surface area contributed by atoms with Crippen molar-refractivity contribution in [1.82, 2.24) is 15.1 Å². The highest BCUT2D eigenvalue weighted by Crippen LogP contribution is 2.27. The van der Waals surface area contributed by atoms with E-state index in [0.29, 0.717) is 5.56 Å². The van der Waals surface area contributed by atoms with E-state index in [1.807, 2.05) is 103 Å². The molecule has 4 rings (SSSR count). The minimum Gasteiger partial charge on any atom is -0.345 e. The number of benzene rings is 3. The highest BCUT2D eigenvalue weighted by molar-refractivity contribution is 6.00. The standard InChI is InChI=1S/C24H21N3O/c1-18(19-11-5-2-6-12-19)26-24(28)22-17-25-27(21-15-9-4-10-16-21)23(22)20-13-7-3-8-14-20/h2-18H,1H3,(H,26,28)/t18-/m0/s1. The minimum absolute atomic E-state index is 0.0996. The van der Waals surface area contributed by atoms with Gasteiger partial charge in [0.05, 0.1) is 29.2 Å². The molecule has 0 bridgehead atoms. The monoisotopic (exact) mass is 367 g/mol. The predicted molar refractivity (Wildman–Crippen MR) is 111 cm³/mol. The molecule has 0 aliphatic heterocycles. The zero-order chi connectivity index (χ0) is 19.3. The maximum absolute atomic E-state index is 13.1. The van der Waals surface area contributed by atoms with Gasteiger partial charge < -0.3 is 5.32 Å². The molecule has 0 unspecified atom stereocenters. The van der Waals surface area contributed by atoms with Crippen LogP contribution >= 0.6 is 0 Å². The number of nitrogens with zero attached hydrogens (tertiary/aromatic N) is 2. The number of carbonyl (C=O) groups is 1. The van der Waals surface area contributed by atoms with Crippen molar-refractivity contribution in [2.75, 3.05) is 0 Å². The van der Waals surface area contributed by atoms with Crippen LogP contribution in [-0.4, -0.2) is 15.7 Å². The maximum atomic E-state index is 13.1. The summed E-state index contributed by atoms with van der Waals surface area (Å²) >= 11 is 0. The molecule has 0 saturated heterocycles. The lowest BCUT2D eigenvalue weighted by atomic mass is 10.1. The molecule has 1 aromatic heterocycles. The number of aromatic nitrogens is 2. The van der Waals surface area contributed by atoms with Crippen LogP contribution in [-0.2, 0) is 0 Å². The Kier molecular flexibility index (Phi) is 5.02. The van der Waals surface area contributed by atoms with Crippen molar-refractivity contribution in [3.05, 3.63) is 108 Å². The van der Waals surface area contributed by atoms with Crippen LogP contribution in [0, 0.1) is 0 Å². The molecule has 1 amide bonds. The normalized spacial score (nSPS) is 11.8. The smallest absolute Gasteiger partial charge is 0.255 e. The van der Waals surface area contributed by atoms with Gasteiger partial charge in [-0.05, 0) is 24.6 Å². The fourth-order valence-electron chi connectivity index (χ4n) is 3.25. The SMILES string of the molecule is C[C@H](NC(=O)c1cnn(-c2ccccc2)c1-c1ccccc1)c1ccccc1. The third-order valence-electron chi connectivity index (χ3n) is 4.71. The van der Waals surface area contributed by atoms with Crippen molar-refractivity contribution in [3.8, 4) is 16.9 Å². The number of hydrogen-bond acceptors (Lipinski definition) is 2. The number of nitrogens with one attached hydrogen (secondary N) is 1. The average Bonchev–Trinajstić information content (AvgIpc) is 3.21. The first-order valence-electron chi connectivity index (χ1n) is 9.28. The molecule has 4 nitrogen and oxygen atoms in total. The number of carbonyl (C=O) groups excluding carboxylic acids is 1. The second kappa shape index (κ2) is 7.92. The topological polar surface area (TPSA) is 46.9 Å². The van der Waals surface area contributed by atoms with Gasteiger partial charge in [0.25, 0.3) is 5.91 Å². The summed E-state index contributed by atoms with van der Waals surface area (Å²) in [5.74, 6) is -0.141. The summed E-state index contributed by atoms with van der Waals surface area (Å²) in [6.45, 7) is 1.98. The average molecular weight is 367 g/mol. The Morgan fingerprint density at radius 1 is 0.857 bits per heavy atom. The predicted octanol–water partition coefficient (Wildman–Crippen LogP) is 5.03. The zero-order valence-electron chi connectivity index (χ0n) is 15.6. The zero-order valence-corrected chi connectivity index (χ0v) is 15.6. The molecule has 4 aromatic rings. The molecule has 0 aliphatic rings. The summed E-state index contributed by atoms with van der Waals surface area (Å²) in [4.78, 5) is 13.1. The first-order valence-corrected chi connectivity index (χ1v) is 9.28. The lowest BCUT2D eigenvalue weighted by Crippen LogP contribution is -2.26. The Hall–Kier alpha value is -3.66. The van der Waals surface area contributed by atoms with Crippen molar-refractivity contribution >= 4 is 5.91 Å². The third-order valence-corrected chi connectivity index (χ3v) is 4.71. The molecule has 0 radical (unpaired) electrons. The van der Waals surface area contributed by atoms with Gasteiger partial charge in [-0.1, -0.05) is 78.9 Å². The van der Waals surface area contributed by atoms with Gasteiger partial charge in [-0.25, -0.2) is 4.68 Å². The molecule has 138 valence electrons. The molecule has 0 saturated carbocycles. The van der Waals surface area contributed by atoms with Crippen LogP contribution in [0.3, 0.4) is 0 Å². The number of amides is 1. The molecule has 1 N–H and O–H groups in total. The Bertz CT molecular complexity index is 1060. The lowest BCUT2D eigenvalue weighted by molar-refractivity contribution is 0.0940. The Morgan fingerprint density at radius 3 is 2.07 bits per heavy atom. The molecule has 1 atom stereocenters. The van der Waals surface area contributed by atoms with Crippen LogP contribution in [0.1, 0.15) is 28.9 Å². The second-order valence-electron chi connectivity index (χ2n) is 6.63. The van der Waals surface area contributed by atoms with Gasteiger partial charge in [0.1, 0.15) is 0 Å². The van der Waals surface area contributed by atoms with Crippen molar-refractivity contribution in [3.63, 3.8) is 0 Å². The summed E-state index contributed by atoms with van der Waals surface area (Å²) in [7, 11) is 0. The van der Waals surface area contributed by atoms with Gasteiger partial charge in [0, 0.05) is 5.56 Å². The number of hydrogen-bond donors (Lipinski definition) is 1. The maximum Gasteiger partial charge on any atom is 0.255 e. The largest absolute Gasteiger partial charge is 0.345 e. The van der Waals surface area contributed by atoms with Gasteiger partial charge >= 0.3 is 0 Å². The Labute approximate surface area is 164 Å². The van der Waals surface area contributed by atoms with E-state index in [0.717, 1.165) is 22.5 Å². The van der Waals surface area contributed by atoms with Gasteiger partial charge in [-0.3, -0.25) is 4.79 Å². The summed E-state index contributed by atoms with van der Waals surface area (Å²) in [5, 5.41) is 7.61. The lowest BCUT2D eigenvalue weighted by Gasteiger charge is -2.15.